The highest BCUT2D eigenvalue weighted by Gasteiger charge is 2.64. The quantitative estimate of drug-likeness (QED) is 0.265. The van der Waals surface area contributed by atoms with Crippen molar-refractivity contribution in [3.8, 4) is 0 Å². The Morgan fingerprint density at radius 3 is 2.31 bits per heavy atom. The zero-order chi connectivity index (χ0) is 35.2. The van der Waals surface area contributed by atoms with E-state index in [4.69, 9.17) is 0 Å². The third-order valence-electron chi connectivity index (χ3n) is 9.02. The van der Waals surface area contributed by atoms with Gasteiger partial charge < -0.3 is 15.2 Å². The average Bonchev–Trinajstić information content (AvgIpc) is 3.73. The van der Waals surface area contributed by atoms with Gasteiger partial charge in [0, 0.05) is 24.2 Å². The molecule has 3 aromatic rings. The first-order valence-corrected chi connectivity index (χ1v) is 17.1. The Morgan fingerprint density at radius 1 is 1.06 bits per heavy atom. The normalized spacial score (nSPS) is 20.6. The first-order chi connectivity index (χ1) is 22.4. The van der Waals surface area contributed by atoms with Gasteiger partial charge in [0.05, 0.1) is 36.3 Å². The number of alkyl halides is 6. The van der Waals surface area contributed by atoms with Gasteiger partial charge in [0.15, 0.2) is 11.5 Å². The number of rotatable bonds is 11. The van der Waals surface area contributed by atoms with Crippen LogP contribution >= 0.6 is 0 Å². The number of imidazole rings is 1. The fourth-order valence-corrected chi connectivity index (χ4v) is 7.00. The summed E-state index contributed by atoms with van der Waals surface area (Å²) in [5.41, 5.74) is -0.732. The first kappa shape index (κ1) is 35.5. The van der Waals surface area contributed by atoms with Gasteiger partial charge in [-0.3, -0.25) is 9.59 Å². The van der Waals surface area contributed by atoms with E-state index in [9.17, 15) is 44.3 Å². The van der Waals surface area contributed by atoms with E-state index >= 15 is 4.39 Å². The molecule has 2 amide bonds. The molecule has 2 aromatic heterocycles. The van der Waals surface area contributed by atoms with Crippen molar-refractivity contribution in [3.05, 3.63) is 40.7 Å². The van der Waals surface area contributed by atoms with Gasteiger partial charge in [0.25, 0.3) is 5.91 Å². The van der Waals surface area contributed by atoms with E-state index < -0.39 is 112 Å². The predicted octanol–water partition coefficient (Wildman–Crippen LogP) is 4.97. The summed E-state index contributed by atoms with van der Waals surface area (Å²) in [5.74, 6) is -18.6. The Labute approximate surface area is 269 Å². The van der Waals surface area contributed by atoms with E-state index in [1.807, 2.05) is 0 Å². The lowest BCUT2D eigenvalue weighted by molar-refractivity contribution is -0.172. The van der Waals surface area contributed by atoms with E-state index in [2.05, 4.69) is 30.2 Å². The number of aromatic nitrogens is 4. The summed E-state index contributed by atoms with van der Waals surface area (Å²) >= 11 is 0. The molecule has 1 aliphatic heterocycles. The summed E-state index contributed by atoms with van der Waals surface area (Å²) in [6, 6.07) is 1.30. The van der Waals surface area contributed by atoms with Crippen LogP contribution in [0.3, 0.4) is 0 Å². The van der Waals surface area contributed by atoms with Crippen LogP contribution in [0.2, 0.25) is 0 Å². The van der Waals surface area contributed by atoms with Crippen LogP contribution in [0.15, 0.2) is 16.8 Å². The van der Waals surface area contributed by atoms with Gasteiger partial charge in [-0.25, -0.2) is 31.2 Å². The van der Waals surface area contributed by atoms with Crippen molar-refractivity contribution in [3.63, 3.8) is 0 Å². The van der Waals surface area contributed by atoms with Crippen LogP contribution < -0.4 is 5.32 Å². The minimum atomic E-state index is -4.55. The number of carbonyl (C=O) groups excluding carboxylic acids is 2. The van der Waals surface area contributed by atoms with Gasteiger partial charge >= 0.3 is 11.8 Å². The van der Waals surface area contributed by atoms with Gasteiger partial charge in [-0.05, 0) is 42.8 Å². The molecule has 0 radical (unpaired) electrons. The highest BCUT2D eigenvalue weighted by molar-refractivity contribution is 7.91. The summed E-state index contributed by atoms with van der Waals surface area (Å²) in [6.45, 7) is -0.257. The van der Waals surface area contributed by atoms with E-state index in [0.717, 1.165) is 6.07 Å². The summed E-state index contributed by atoms with van der Waals surface area (Å²) in [7, 11) is -3.76. The highest BCUT2D eigenvalue weighted by atomic mass is 32.2. The predicted molar refractivity (Wildman–Crippen MR) is 155 cm³/mol. The van der Waals surface area contributed by atoms with E-state index in [1.165, 1.54) is 13.0 Å². The molecule has 48 heavy (non-hydrogen) atoms. The number of likely N-dealkylation sites (tertiary alicyclic amines) is 1. The number of nitrogens with one attached hydrogen (secondary N) is 2. The number of benzene rings is 1. The van der Waals surface area contributed by atoms with Crippen LogP contribution in [-0.2, 0) is 21.1 Å². The lowest BCUT2D eigenvalue weighted by atomic mass is 9.81. The van der Waals surface area contributed by atoms with Gasteiger partial charge in [-0.1, -0.05) is 25.1 Å². The number of aryl methyl sites for hydroxylation is 1. The Morgan fingerprint density at radius 2 is 1.71 bits per heavy atom. The molecule has 0 unspecified atom stereocenters. The number of halogens is 7. The molecule has 1 aliphatic carbocycles. The maximum absolute atomic E-state index is 16.3. The smallest absolute Gasteiger partial charge is 0.329 e. The summed E-state index contributed by atoms with van der Waals surface area (Å²) in [6.07, 6.45) is -1.33. The second-order valence-electron chi connectivity index (χ2n) is 12.2. The van der Waals surface area contributed by atoms with Crippen molar-refractivity contribution in [2.24, 2.45) is 5.92 Å². The number of carbonyl (C=O) groups is 2. The zero-order valence-electron chi connectivity index (χ0n) is 25.8. The third kappa shape index (κ3) is 7.01. The molecule has 5 rings (SSSR count). The summed E-state index contributed by atoms with van der Waals surface area (Å²) < 4.78 is 130. The van der Waals surface area contributed by atoms with Gasteiger partial charge in [0.1, 0.15) is 26.9 Å². The minimum Gasteiger partial charge on any atom is -0.340 e. The number of hydrogen-bond acceptors (Lipinski definition) is 8. The van der Waals surface area contributed by atoms with Crippen LogP contribution in [0.4, 0.5) is 30.7 Å². The summed E-state index contributed by atoms with van der Waals surface area (Å²) in [4.78, 5) is 34.0. The lowest BCUT2D eigenvalue weighted by Gasteiger charge is -2.33. The molecular formula is C29H33F7N6O5S. The number of amides is 2. The number of sulfone groups is 1. The van der Waals surface area contributed by atoms with E-state index in [-0.39, 0.29) is 52.6 Å². The SMILES string of the molecule is CCc1nonc1C(=O)N[C@H](c1nc2c(F)c([C@H](CCS(=O)(=O)CC)C(=O)N3CC(F)(F)C(F)(F)C3)ccc2[nH]1)C1CCC(F)(F)CC1. The van der Waals surface area contributed by atoms with Crippen molar-refractivity contribution in [2.45, 2.75) is 82.1 Å². The van der Waals surface area contributed by atoms with Crippen LogP contribution in [0, 0.1) is 11.7 Å². The van der Waals surface area contributed by atoms with E-state index in [1.54, 1.807) is 6.92 Å². The minimum absolute atomic E-state index is 0.0330. The van der Waals surface area contributed by atoms with Crippen molar-refractivity contribution in [2.75, 3.05) is 24.6 Å². The fourth-order valence-electron chi connectivity index (χ4n) is 6.12. The van der Waals surface area contributed by atoms with Gasteiger partial charge in [0.2, 0.25) is 11.8 Å². The number of hydrogen-bond donors (Lipinski definition) is 2. The fraction of sp³-hybridized carbons (Fsp3) is 0.621. The molecule has 264 valence electrons. The Balaban J connectivity index is 1.52. The topological polar surface area (TPSA) is 151 Å². The molecule has 1 saturated heterocycles. The maximum atomic E-state index is 16.3. The average molecular weight is 711 g/mol. The summed E-state index contributed by atoms with van der Waals surface area (Å²) in [5, 5.41) is 9.99. The molecule has 2 atom stereocenters. The molecule has 0 bridgehead atoms. The highest BCUT2D eigenvalue weighted by Crippen LogP contribution is 2.44. The first-order valence-electron chi connectivity index (χ1n) is 15.3. The van der Waals surface area contributed by atoms with Crippen LogP contribution in [0.25, 0.3) is 11.0 Å². The van der Waals surface area contributed by atoms with Gasteiger partial charge in [-0.2, -0.15) is 17.6 Å². The van der Waals surface area contributed by atoms with Gasteiger partial charge in [-0.15, -0.1) is 0 Å². The second kappa shape index (κ2) is 12.9. The van der Waals surface area contributed by atoms with Crippen LogP contribution in [0.5, 0.6) is 0 Å². The molecular weight excluding hydrogens is 677 g/mol. The molecule has 2 fully saturated rings. The Kier molecular flexibility index (Phi) is 9.57. The largest absolute Gasteiger partial charge is 0.340 e. The third-order valence-corrected chi connectivity index (χ3v) is 10.8. The number of aromatic amines is 1. The monoisotopic (exact) mass is 710 g/mol. The molecule has 1 aromatic carbocycles. The molecule has 19 heteroatoms. The Hall–Kier alpha value is -3.77. The van der Waals surface area contributed by atoms with Crippen LogP contribution in [-0.4, -0.2) is 87.8 Å². The second-order valence-corrected chi connectivity index (χ2v) is 14.7. The number of fused-ring (bicyclic) bond motifs is 1. The molecule has 2 N–H and O–H groups in total. The van der Waals surface area contributed by atoms with E-state index in [0.29, 0.717) is 0 Å². The van der Waals surface area contributed by atoms with Crippen molar-refractivity contribution >= 4 is 32.7 Å². The zero-order valence-corrected chi connectivity index (χ0v) is 26.7. The Bertz CT molecular complexity index is 1770. The standard InChI is InChI=1S/C29H33F7N6O5S/c1-3-18-23(41-47-40-18)25(43)39-21(15-7-10-27(31,32)11-8-15)24-37-19-6-5-16(20(30)22(19)38-24)17(9-12-48(45,46)4-2)26(44)42-13-28(33,34)29(35,36)14-42/h5-6,15,17,21H,3-4,7-14H2,1-2H3,(H,37,38)(H,39,43)/t17-,21-/m0/s1. The van der Waals surface area contributed by atoms with Crippen molar-refractivity contribution in [1.82, 2.24) is 30.5 Å². The number of nitrogens with zero attached hydrogens (tertiary/aromatic N) is 4. The molecule has 2 aliphatic rings. The molecule has 1 saturated carbocycles. The molecule has 0 spiro atoms. The maximum Gasteiger partial charge on any atom is 0.329 e. The number of H-pyrrole nitrogens is 1. The van der Waals surface area contributed by atoms with Crippen molar-refractivity contribution < 1.29 is 53.4 Å². The molecule has 11 nitrogen and oxygen atoms in total. The van der Waals surface area contributed by atoms with Crippen molar-refractivity contribution in [1.29, 1.82) is 0 Å². The van der Waals surface area contributed by atoms with Crippen LogP contribution in [0.1, 0.15) is 85.5 Å². The molecule has 3 heterocycles. The lowest BCUT2D eigenvalue weighted by Crippen LogP contribution is -2.38.